The molecule has 2 aromatic rings. The molecular weight excluding hydrogens is 230 g/mol. The van der Waals surface area contributed by atoms with Gasteiger partial charge >= 0.3 is 0 Å². The summed E-state index contributed by atoms with van der Waals surface area (Å²) in [7, 11) is 0. The van der Waals surface area contributed by atoms with Crippen LogP contribution in [-0.4, -0.2) is 14.8 Å². The van der Waals surface area contributed by atoms with Crippen molar-refractivity contribution in [2.45, 2.75) is 25.8 Å². The Morgan fingerprint density at radius 3 is 3.00 bits per heavy atom. The number of hydrogen-bond acceptors (Lipinski definition) is 3. The Hall–Kier alpha value is -0.870. The largest absolute Gasteiger partial charge is 0.261 e. The summed E-state index contributed by atoms with van der Waals surface area (Å²) in [5.74, 6) is 0.503. The van der Waals surface area contributed by atoms with Crippen LogP contribution in [0.2, 0.25) is 0 Å². The Morgan fingerprint density at radius 1 is 1.53 bits per heavy atom. The molecule has 0 aliphatic rings. The van der Waals surface area contributed by atoms with E-state index in [2.05, 4.69) is 23.9 Å². The number of nitrogens with zero attached hydrogens (tertiary/aromatic N) is 3. The summed E-state index contributed by atoms with van der Waals surface area (Å²) < 4.78 is 1.96. The predicted molar refractivity (Wildman–Crippen MR) is 63.3 cm³/mol. The predicted octanol–water partition coefficient (Wildman–Crippen LogP) is 3.33. The van der Waals surface area contributed by atoms with Crippen molar-refractivity contribution in [1.82, 2.24) is 14.8 Å². The Labute approximate surface area is 97.7 Å². The van der Waals surface area contributed by atoms with Crippen molar-refractivity contribution < 1.29 is 0 Å². The summed E-state index contributed by atoms with van der Waals surface area (Å²) in [5.41, 5.74) is 3.83. The molecule has 80 valence electrons. The number of aromatic nitrogens is 3. The summed E-state index contributed by atoms with van der Waals surface area (Å²) in [6.07, 6.45) is 1.80. The van der Waals surface area contributed by atoms with Crippen molar-refractivity contribution in [1.29, 1.82) is 0 Å². The first kappa shape index (κ1) is 10.6. The second-order valence-corrected chi connectivity index (χ2v) is 4.72. The fourth-order valence-electron chi connectivity index (χ4n) is 1.49. The molecule has 0 aliphatic carbocycles. The fraction of sp³-hybridized carbons (Fsp3) is 0.400. The van der Waals surface area contributed by atoms with Gasteiger partial charge in [0.05, 0.1) is 17.1 Å². The average molecular weight is 242 g/mol. The molecule has 0 bridgehead atoms. The Balaban J connectivity index is 2.49. The summed E-state index contributed by atoms with van der Waals surface area (Å²) in [6.45, 7) is 4.20. The van der Waals surface area contributed by atoms with Gasteiger partial charge in [-0.3, -0.25) is 4.68 Å². The van der Waals surface area contributed by atoms with Gasteiger partial charge in [0.2, 0.25) is 0 Å². The third-order valence-corrected chi connectivity index (χ3v) is 3.42. The highest BCUT2D eigenvalue weighted by molar-refractivity contribution is 7.10. The van der Waals surface area contributed by atoms with Gasteiger partial charge < -0.3 is 0 Å². The first-order chi connectivity index (χ1) is 7.24. The molecule has 3 nitrogen and oxygen atoms in total. The highest BCUT2D eigenvalue weighted by atomic mass is 35.5. The zero-order valence-corrected chi connectivity index (χ0v) is 10.2. The molecule has 0 aliphatic heterocycles. The number of rotatable bonds is 3. The van der Waals surface area contributed by atoms with Crippen molar-refractivity contribution in [3.8, 4) is 11.4 Å². The van der Waals surface area contributed by atoms with Gasteiger partial charge in [-0.25, -0.2) is 4.98 Å². The van der Waals surface area contributed by atoms with Gasteiger partial charge in [-0.1, -0.05) is 0 Å². The molecule has 0 N–H and O–H groups in total. The molecule has 2 heterocycles. The second kappa shape index (κ2) is 4.33. The first-order valence-electron chi connectivity index (χ1n) is 4.76. The molecule has 0 unspecified atom stereocenters. The lowest BCUT2D eigenvalue weighted by atomic mass is 10.2. The summed E-state index contributed by atoms with van der Waals surface area (Å²) in [4.78, 5) is 5.44. The third-order valence-electron chi connectivity index (χ3n) is 2.16. The first-order valence-corrected chi connectivity index (χ1v) is 6.17. The van der Waals surface area contributed by atoms with E-state index in [9.17, 15) is 0 Å². The lowest BCUT2D eigenvalue weighted by molar-refractivity contribution is 0.538. The van der Waals surface area contributed by atoms with Crippen molar-refractivity contribution in [3.63, 3.8) is 0 Å². The van der Waals surface area contributed by atoms with Crippen LogP contribution in [0, 0.1) is 0 Å². The SMILES string of the molecule is CC(C)n1nccc1-c1ncsc1CCl. The van der Waals surface area contributed by atoms with Crippen LogP contribution < -0.4 is 0 Å². The van der Waals surface area contributed by atoms with E-state index in [1.807, 2.05) is 16.3 Å². The van der Waals surface area contributed by atoms with Crippen LogP contribution >= 0.6 is 22.9 Å². The van der Waals surface area contributed by atoms with E-state index in [-0.39, 0.29) is 0 Å². The molecule has 2 aromatic heterocycles. The van der Waals surface area contributed by atoms with E-state index in [1.165, 1.54) is 0 Å². The molecular formula is C10H12ClN3S. The Kier molecular flexibility index (Phi) is 3.07. The van der Waals surface area contributed by atoms with Gasteiger partial charge in [0.15, 0.2) is 0 Å². The molecule has 0 saturated heterocycles. The molecule has 0 aromatic carbocycles. The zero-order valence-electron chi connectivity index (χ0n) is 8.64. The number of hydrogen-bond donors (Lipinski definition) is 0. The molecule has 0 amide bonds. The third kappa shape index (κ3) is 1.92. The van der Waals surface area contributed by atoms with E-state index in [0.717, 1.165) is 16.3 Å². The van der Waals surface area contributed by atoms with Crippen molar-refractivity contribution in [3.05, 3.63) is 22.7 Å². The number of halogens is 1. The van der Waals surface area contributed by atoms with E-state index >= 15 is 0 Å². The van der Waals surface area contributed by atoms with Crippen LogP contribution in [0.4, 0.5) is 0 Å². The molecule has 0 atom stereocenters. The lowest BCUT2D eigenvalue weighted by Crippen LogP contribution is -2.05. The highest BCUT2D eigenvalue weighted by Gasteiger charge is 2.13. The van der Waals surface area contributed by atoms with Crippen LogP contribution in [0.1, 0.15) is 24.8 Å². The smallest absolute Gasteiger partial charge is 0.104 e. The molecule has 0 radical (unpaired) electrons. The van der Waals surface area contributed by atoms with Gasteiger partial charge in [-0.05, 0) is 19.9 Å². The minimum Gasteiger partial charge on any atom is -0.261 e. The van der Waals surface area contributed by atoms with Crippen LogP contribution in [0.5, 0.6) is 0 Å². The molecule has 2 rings (SSSR count). The normalized spacial score (nSPS) is 11.2. The number of alkyl halides is 1. The molecule has 0 spiro atoms. The molecule has 0 fully saturated rings. The summed E-state index contributed by atoms with van der Waals surface area (Å²) >= 11 is 7.45. The quantitative estimate of drug-likeness (QED) is 0.772. The maximum absolute atomic E-state index is 5.86. The minimum atomic E-state index is 0.333. The molecule has 0 saturated carbocycles. The average Bonchev–Trinajstić information content (AvgIpc) is 2.85. The Bertz CT molecular complexity index is 447. The lowest BCUT2D eigenvalue weighted by Gasteiger charge is -2.09. The van der Waals surface area contributed by atoms with Gasteiger partial charge in [0.1, 0.15) is 5.69 Å². The van der Waals surface area contributed by atoms with Crippen molar-refractivity contribution >= 4 is 22.9 Å². The van der Waals surface area contributed by atoms with Crippen LogP contribution in [-0.2, 0) is 5.88 Å². The summed E-state index contributed by atoms with van der Waals surface area (Å²) in [6, 6.07) is 2.31. The second-order valence-electron chi connectivity index (χ2n) is 3.51. The minimum absolute atomic E-state index is 0.333. The highest BCUT2D eigenvalue weighted by Crippen LogP contribution is 2.27. The van der Waals surface area contributed by atoms with Crippen LogP contribution in [0.25, 0.3) is 11.4 Å². The van der Waals surface area contributed by atoms with E-state index in [4.69, 9.17) is 11.6 Å². The van der Waals surface area contributed by atoms with Crippen molar-refractivity contribution in [2.75, 3.05) is 0 Å². The van der Waals surface area contributed by atoms with Crippen LogP contribution in [0.3, 0.4) is 0 Å². The van der Waals surface area contributed by atoms with Gasteiger partial charge in [0, 0.05) is 17.1 Å². The van der Waals surface area contributed by atoms with E-state index in [0.29, 0.717) is 11.9 Å². The van der Waals surface area contributed by atoms with Gasteiger partial charge in [-0.15, -0.1) is 22.9 Å². The van der Waals surface area contributed by atoms with Gasteiger partial charge in [-0.2, -0.15) is 5.10 Å². The van der Waals surface area contributed by atoms with E-state index < -0.39 is 0 Å². The molecule has 5 heteroatoms. The molecule has 15 heavy (non-hydrogen) atoms. The standard InChI is InChI=1S/C10H12ClN3S/c1-7(2)14-8(3-4-13-14)10-9(5-11)15-6-12-10/h3-4,6-7H,5H2,1-2H3. The maximum Gasteiger partial charge on any atom is 0.104 e. The zero-order chi connectivity index (χ0) is 10.8. The Morgan fingerprint density at radius 2 is 2.33 bits per heavy atom. The fourth-order valence-corrected chi connectivity index (χ4v) is 2.42. The monoisotopic (exact) mass is 241 g/mol. The topological polar surface area (TPSA) is 30.7 Å². The summed E-state index contributed by atoms with van der Waals surface area (Å²) in [5, 5.41) is 4.29. The van der Waals surface area contributed by atoms with Crippen LogP contribution in [0.15, 0.2) is 17.8 Å². The number of thiazole rings is 1. The van der Waals surface area contributed by atoms with Gasteiger partial charge in [0.25, 0.3) is 0 Å². The van der Waals surface area contributed by atoms with Crippen molar-refractivity contribution in [2.24, 2.45) is 0 Å². The van der Waals surface area contributed by atoms with E-state index in [1.54, 1.807) is 17.5 Å². The maximum atomic E-state index is 5.86.